The molecule has 0 aliphatic carbocycles. The number of halogens is 1. The van der Waals surface area contributed by atoms with E-state index in [0.717, 1.165) is 17.3 Å². The van der Waals surface area contributed by atoms with Gasteiger partial charge in [0.1, 0.15) is 0 Å². The lowest BCUT2D eigenvalue weighted by atomic mass is 10.1. The standard InChI is InChI=1S/C9H14BrNS/c1-6(2)3-4-7-5-8(11)12-9(7)10/h5-6H,3-4,11H2,1-2H3. The van der Waals surface area contributed by atoms with Crippen molar-refractivity contribution in [1.82, 2.24) is 0 Å². The summed E-state index contributed by atoms with van der Waals surface area (Å²) >= 11 is 5.12. The van der Waals surface area contributed by atoms with Crippen LogP contribution in [0.3, 0.4) is 0 Å². The Bertz CT molecular complexity index is 255. The summed E-state index contributed by atoms with van der Waals surface area (Å²) < 4.78 is 1.20. The fourth-order valence-corrected chi connectivity index (χ4v) is 2.62. The molecule has 3 heteroatoms. The molecule has 0 saturated heterocycles. The molecule has 1 nitrogen and oxygen atoms in total. The highest BCUT2D eigenvalue weighted by Crippen LogP contribution is 2.31. The molecule has 0 radical (unpaired) electrons. The van der Waals surface area contributed by atoms with Gasteiger partial charge in [0.25, 0.3) is 0 Å². The van der Waals surface area contributed by atoms with E-state index in [1.54, 1.807) is 11.3 Å². The first-order chi connectivity index (χ1) is 5.59. The van der Waals surface area contributed by atoms with Gasteiger partial charge in [-0.1, -0.05) is 13.8 Å². The Balaban J connectivity index is 2.57. The van der Waals surface area contributed by atoms with E-state index < -0.39 is 0 Å². The number of hydrogen-bond acceptors (Lipinski definition) is 2. The Morgan fingerprint density at radius 2 is 2.25 bits per heavy atom. The Morgan fingerprint density at radius 1 is 1.58 bits per heavy atom. The smallest absolute Gasteiger partial charge is 0.0871 e. The first-order valence-corrected chi connectivity index (χ1v) is 5.74. The normalized spacial score (nSPS) is 11.0. The van der Waals surface area contributed by atoms with Crippen molar-refractivity contribution in [3.8, 4) is 0 Å². The highest BCUT2D eigenvalue weighted by Gasteiger charge is 2.05. The SMILES string of the molecule is CC(C)CCc1cc(N)sc1Br. The number of thiophene rings is 1. The molecule has 0 bridgehead atoms. The average molecular weight is 248 g/mol. The van der Waals surface area contributed by atoms with Crippen molar-refractivity contribution < 1.29 is 0 Å². The van der Waals surface area contributed by atoms with Crippen molar-refractivity contribution in [2.24, 2.45) is 5.92 Å². The maximum absolute atomic E-state index is 5.67. The van der Waals surface area contributed by atoms with Crippen LogP contribution in [0.4, 0.5) is 5.00 Å². The molecule has 0 aliphatic heterocycles. The zero-order valence-electron chi connectivity index (χ0n) is 7.43. The molecular formula is C9H14BrNS. The zero-order valence-corrected chi connectivity index (χ0v) is 9.83. The predicted molar refractivity (Wildman–Crippen MR) is 59.6 cm³/mol. The van der Waals surface area contributed by atoms with E-state index in [-0.39, 0.29) is 0 Å². The van der Waals surface area contributed by atoms with Crippen LogP contribution >= 0.6 is 27.3 Å². The van der Waals surface area contributed by atoms with Gasteiger partial charge in [0.2, 0.25) is 0 Å². The molecule has 0 aliphatic rings. The highest BCUT2D eigenvalue weighted by atomic mass is 79.9. The van der Waals surface area contributed by atoms with E-state index in [2.05, 4.69) is 35.8 Å². The van der Waals surface area contributed by atoms with E-state index >= 15 is 0 Å². The van der Waals surface area contributed by atoms with Crippen molar-refractivity contribution in [3.63, 3.8) is 0 Å². The van der Waals surface area contributed by atoms with Crippen LogP contribution in [0.15, 0.2) is 9.85 Å². The van der Waals surface area contributed by atoms with Crippen molar-refractivity contribution in [1.29, 1.82) is 0 Å². The summed E-state index contributed by atoms with van der Waals surface area (Å²) in [6, 6.07) is 2.07. The number of aryl methyl sites for hydroxylation is 1. The molecule has 1 aromatic rings. The molecule has 12 heavy (non-hydrogen) atoms. The van der Waals surface area contributed by atoms with E-state index in [0.29, 0.717) is 0 Å². The third-order valence-corrected chi connectivity index (χ3v) is 3.56. The van der Waals surface area contributed by atoms with Gasteiger partial charge in [-0.15, -0.1) is 11.3 Å². The Labute approximate surface area is 86.1 Å². The molecule has 0 atom stereocenters. The van der Waals surface area contributed by atoms with Crippen LogP contribution < -0.4 is 5.73 Å². The first kappa shape index (κ1) is 10.1. The third kappa shape index (κ3) is 2.79. The van der Waals surface area contributed by atoms with Crippen LogP contribution in [0.2, 0.25) is 0 Å². The van der Waals surface area contributed by atoms with Gasteiger partial charge in [-0.05, 0) is 46.3 Å². The lowest BCUT2D eigenvalue weighted by Gasteiger charge is -2.02. The lowest BCUT2D eigenvalue weighted by Crippen LogP contribution is -1.90. The van der Waals surface area contributed by atoms with Crippen LogP contribution in [0.1, 0.15) is 25.8 Å². The van der Waals surface area contributed by atoms with Gasteiger partial charge in [-0.25, -0.2) is 0 Å². The Morgan fingerprint density at radius 3 is 2.67 bits per heavy atom. The van der Waals surface area contributed by atoms with Gasteiger partial charge >= 0.3 is 0 Å². The largest absolute Gasteiger partial charge is 0.391 e. The maximum atomic E-state index is 5.67. The Hall–Kier alpha value is -0.0200. The second-order valence-electron chi connectivity index (χ2n) is 3.38. The summed E-state index contributed by atoms with van der Waals surface area (Å²) in [6.07, 6.45) is 2.36. The minimum absolute atomic E-state index is 0.762. The van der Waals surface area contributed by atoms with Crippen LogP contribution in [-0.2, 0) is 6.42 Å². The van der Waals surface area contributed by atoms with Crippen molar-refractivity contribution in [2.75, 3.05) is 5.73 Å². The van der Waals surface area contributed by atoms with Gasteiger partial charge in [-0.2, -0.15) is 0 Å². The second-order valence-corrected chi connectivity index (χ2v) is 5.78. The molecule has 68 valence electrons. The number of rotatable bonds is 3. The molecule has 0 saturated carbocycles. The topological polar surface area (TPSA) is 26.0 Å². The molecule has 2 N–H and O–H groups in total. The number of hydrogen-bond donors (Lipinski definition) is 1. The molecule has 1 rings (SSSR count). The molecule has 0 aromatic carbocycles. The monoisotopic (exact) mass is 247 g/mol. The van der Waals surface area contributed by atoms with E-state index in [9.17, 15) is 0 Å². The molecule has 0 fully saturated rings. The maximum Gasteiger partial charge on any atom is 0.0871 e. The number of nitrogens with two attached hydrogens (primary N) is 1. The van der Waals surface area contributed by atoms with Gasteiger partial charge < -0.3 is 5.73 Å². The summed E-state index contributed by atoms with van der Waals surface area (Å²) in [4.78, 5) is 0. The van der Waals surface area contributed by atoms with Crippen LogP contribution in [-0.4, -0.2) is 0 Å². The summed E-state index contributed by atoms with van der Waals surface area (Å²) in [7, 11) is 0. The minimum Gasteiger partial charge on any atom is -0.391 e. The fraction of sp³-hybridized carbons (Fsp3) is 0.556. The Kier molecular flexibility index (Phi) is 3.59. The fourth-order valence-electron chi connectivity index (χ4n) is 1.04. The summed E-state index contributed by atoms with van der Waals surface area (Å²) in [5.74, 6) is 0.762. The van der Waals surface area contributed by atoms with E-state index in [1.807, 2.05) is 0 Å². The molecule has 1 aromatic heterocycles. The summed E-state index contributed by atoms with van der Waals surface area (Å²) in [5.41, 5.74) is 7.03. The van der Waals surface area contributed by atoms with Crippen molar-refractivity contribution in [2.45, 2.75) is 26.7 Å². The summed E-state index contributed by atoms with van der Waals surface area (Å²) in [5, 5.41) is 0.903. The first-order valence-electron chi connectivity index (χ1n) is 4.13. The third-order valence-electron chi connectivity index (χ3n) is 1.77. The van der Waals surface area contributed by atoms with Crippen LogP contribution in [0.5, 0.6) is 0 Å². The molecule has 0 amide bonds. The van der Waals surface area contributed by atoms with Gasteiger partial charge in [0.15, 0.2) is 0 Å². The number of nitrogen functional groups attached to an aromatic ring is 1. The van der Waals surface area contributed by atoms with Gasteiger partial charge in [0, 0.05) is 0 Å². The molecule has 0 unspecified atom stereocenters. The van der Waals surface area contributed by atoms with Crippen LogP contribution in [0, 0.1) is 5.92 Å². The lowest BCUT2D eigenvalue weighted by molar-refractivity contribution is 0.587. The second kappa shape index (κ2) is 4.28. The zero-order chi connectivity index (χ0) is 9.14. The van der Waals surface area contributed by atoms with E-state index in [1.165, 1.54) is 15.8 Å². The van der Waals surface area contributed by atoms with E-state index in [4.69, 9.17) is 5.73 Å². The van der Waals surface area contributed by atoms with Crippen molar-refractivity contribution in [3.05, 3.63) is 15.4 Å². The van der Waals surface area contributed by atoms with Gasteiger partial charge in [0.05, 0.1) is 8.79 Å². The minimum atomic E-state index is 0.762. The number of anilines is 1. The highest BCUT2D eigenvalue weighted by molar-refractivity contribution is 9.11. The van der Waals surface area contributed by atoms with Gasteiger partial charge in [-0.3, -0.25) is 0 Å². The average Bonchev–Trinajstić information content (AvgIpc) is 2.26. The quantitative estimate of drug-likeness (QED) is 0.867. The predicted octanol–water partition coefficient (Wildman–Crippen LogP) is 3.68. The van der Waals surface area contributed by atoms with Crippen LogP contribution in [0.25, 0.3) is 0 Å². The molecular weight excluding hydrogens is 234 g/mol. The molecule has 0 spiro atoms. The molecule has 1 heterocycles. The summed E-state index contributed by atoms with van der Waals surface area (Å²) in [6.45, 7) is 4.48. The van der Waals surface area contributed by atoms with Crippen molar-refractivity contribution >= 4 is 32.3 Å².